The molecule has 1 aliphatic rings. The molecule has 0 bridgehead atoms. The number of nitriles is 1. The Morgan fingerprint density at radius 3 is 2.60 bits per heavy atom. The standard InChI is InChI=1S/C23H22N4O2S/c1-15(21(28)25-17-12-10-16(14-24)11-13-17)30-23-26-20-9-5-4-8-19(20)22(29)27(23)18-6-2-3-7-18/h4-5,8-13,15,18H,2-3,6-7H2,1H3,(H,25,28)/t15-/m0/s1. The van der Waals surface area contributed by atoms with E-state index in [0.29, 0.717) is 27.3 Å². The molecule has 3 aromatic rings. The number of carbonyl (C=O) groups excluding carboxylic acids is 1. The van der Waals surface area contributed by atoms with Gasteiger partial charge in [0.05, 0.1) is 27.8 Å². The Labute approximate surface area is 178 Å². The van der Waals surface area contributed by atoms with E-state index in [0.717, 1.165) is 25.7 Å². The third-order valence-corrected chi connectivity index (χ3v) is 6.46. The molecule has 1 saturated carbocycles. The van der Waals surface area contributed by atoms with Crippen molar-refractivity contribution >= 4 is 34.3 Å². The van der Waals surface area contributed by atoms with Gasteiger partial charge < -0.3 is 5.32 Å². The number of aromatic nitrogens is 2. The van der Waals surface area contributed by atoms with E-state index >= 15 is 0 Å². The number of hydrogen-bond acceptors (Lipinski definition) is 5. The van der Waals surface area contributed by atoms with Crippen molar-refractivity contribution in [2.24, 2.45) is 0 Å². The second-order valence-corrected chi connectivity index (χ2v) is 8.77. The Kier molecular flexibility index (Phi) is 5.86. The molecule has 1 fully saturated rings. The van der Waals surface area contributed by atoms with E-state index in [-0.39, 0.29) is 17.5 Å². The van der Waals surface area contributed by atoms with Crippen LogP contribution in [0.3, 0.4) is 0 Å². The monoisotopic (exact) mass is 418 g/mol. The fourth-order valence-electron chi connectivity index (χ4n) is 3.78. The molecule has 4 rings (SSSR count). The minimum Gasteiger partial charge on any atom is -0.325 e. The van der Waals surface area contributed by atoms with E-state index in [1.807, 2.05) is 31.2 Å². The molecule has 1 heterocycles. The summed E-state index contributed by atoms with van der Waals surface area (Å²) in [4.78, 5) is 30.7. The van der Waals surface area contributed by atoms with Crippen LogP contribution in [0.15, 0.2) is 58.5 Å². The van der Waals surface area contributed by atoms with Crippen LogP contribution in [0.2, 0.25) is 0 Å². The number of thioether (sulfide) groups is 1. The van der Waals surface area contributed by atoms with Crippen molar-refractivity contribution in [1.29, 1.82) is 5.26 Å². The maximum absolute atomic E-state index is 13.2. The summed E-state index contributed by atoms with van der Waals surface area (Å²) in [5.74, 6) is -0.176. The highest BCUT2D eigenvalue weighted by molar-refractivity contribution is 8.00. The summed E-state index contributed by atoms with van der Waals surface area (Å²) in [5, 5.41) is 12.5. The van der Waals surface area contributed by atoms with Crippen molar-refractivity contribution in [2.45, 2.75) is 49.1 Å². The van der Waals surface area contributed by atoms with Crippen LogP contribution in [0, 0.1) is 11.3 Å². The molecule has 1 amide bonds. The zero-order chi connectivity index (χ0) is 21.1. The van der Waals surface area contributed by atoms with Gasteiger partial charge in [0, 0.05) is 11.7 Å². The minimum atomic E-state index is -0.443. The third-order valence-electron chi connectivity index (χ3n) is 5.40. The molecule has 1 aliphatic carbocycles. The largest absolute Gasteiger partial charge is 0.325 e. The van der Waals surface area contributed by atoms with Crippen LogP contribution in [0.25, 0.3) is 10.9 Å². The van der Waals surface area contributed by atoms with Crippen LogP contribution in [0.4, 0.5) is 5.69 Å². The Bertz CT molecular complexity index is 1170. The molecule has 2 aromatic carbocycles. The zero-order valence-corrected chi connectivity index (χ0v) is 17.5. The number of nitrogens with zero attached hydrogens (tertiary/aromatic N) is 3. The number of anilines is 1. The molecule has 1 N–H and O–H groups in total. The number of amides is 1. The highest BCUT2D eigenvalue weighted by atomic mass is 32.2. The Balaban J connectivity index is 1.61. The van der Waals surface area contributed by atoms with Gasteiger partial charge in [0.2, 0.25) is 5.91 Å². The Hall–Kier alpha value is -3.11. The third kappa shape index (κ3) is 4.10. The van der Waals surface area contributed by atoms with E-state index < -0.39 is 5.25 Å². The first-order chi connectivity index (χ1) is 14.6. The number of hydrogen-bond donors (Lipinski definition) is 1. The van der Waals surface area contributed by atoms with Crippen LogP contribution < -0.4 is 10.9 Å². The van der Waals surface area contributed by atoms with Gasteiger partial charge in [0.15, 0.2) is 5.16 Å². The van der Waals surface area contributed by atoms with Gasteiger partial charge in [-0.15, -0.1) is 0 Å². The average Bonchev–Trinajstić information content (AvgIpc) is 3.28. The smallest absolute Gasteiger partial charge is 0.262 e. The molecule has 0 aliphatic heterocycles. The van der Waals surface area contributed by atoms with E-state index in [1.165, 1.54) is 11.8 Å². The first kappa shape index (κ1) is 20.2. The normalized spacial score (nSPS) is 15.1. The maximum Gasteiger partial charge on any atom is 0.262 e. The molecule has 1 aromatic heterocycles. The number of para-hydroxylation sites is 1. The fourth-order valence-corrected chi connectivity index (χ4v) is 4.76. The Morgan fingerprint density at radius 2 is 1.90 bits per heavy atom. The van der Waals surface area contributed by atoms with Crippen molar-refractivity contribution < 1.29 is 4.79 Å². The summed E-state index contributed by atoms with van der Waals surface area (Å²) in [6, 6.07) is 16.3. The van der Waals surface area contributed by atoms with Gasteiger partial charge in [0.1, 0.15) is 0 Å². The van der Waals surface area contributed by atoms with Crippen LogP contribution in [0.1, 0.15) is 44.2 Å². The maximum atomic E-state index is 13.2. The van der Waals surface area contributed by atoms with Gasteiger partial charge in [-0.1, -0.05) is 36.7 Å². The molecular formula is C23H22N4O2S. The second kappa shape index (κ2) is 8.72. The van der Waals surface area contributed by atoms with Crippen LogP contribution >= 0.6 is 11.8 Å². The number of fused-ring (bicyclic) bond motifs is 1. The number of carbonyl (C=O) groups is 1. The molecule has 0 spiro atoms. The molecule has 7 heteroatoms. The first-order valence-corrected chi connectivity index (χ1v) is 10.9. The van der Waals surface area contributed by atoms with Gasteiger partial charge >= 0.3 is 0 Å². The van der Waals surface area contributed by atoms with Crippen LogP contribution in [0.5, 0.6) is 0 Å². The number of benzene rings is 2. The van der Waals surface area contributed by atoms with E-state index in [1.54, 1.807) is 28.8 Å². The highest BCUT2D eigenvalue weighted by Crippen LogP contribution is 2.33. The molecule has 1 atom stereocenters. The quantitative estimate of drug-likeness (QED) is 0.487. The predicted octanol–water partition coefficient (Wildman–Crippen LogP) is 4.50. The van der Waals surface area contributed by atoms with Gasteiger partial charge in [-0.3, -0.25) is 14.2 Å². The zero-order valence-electron chi connectivity index (χ0n) is 16.7. The van der Waals surface area contributed by atoms with E-state index in [9.17, 15) is 9.59 Å². The summed E-state index contributed by atoms with van der Waals surface area (Å²) < 4.78 is 1.80. The molecular weight excluding hydrogens is 396 g/mol. The predicted molar refractivity (Wildman–Crippen MR) is 119 cm³/mol. The van der Waals surface area contributed by atoms with Gasteiger partial charge in [-0.25, -0.2) is 4.98 Å². The van der Waals surface area contributed by atoms with Crippen molar-refractivity contribution in [3.8, 4) is 6.07 Å². The molecule has 152 valence electrons. The van der Waals surface area contributed by atoms with Crippen LogP contribution in [-0.2, 0) is 4.79 Å². The summed E-state index contributed by atoms with van der Waals surface area (Å²) in [6.07, 6.45) is 4.12. The van der Waals surface area contributed by atoms with Crippen molar-refractivity contribution in [2.75, 3.05) is 5.32 Å². The second-order valence-electron chi connectivity index (χ2n) is 7.46. The summed E-state index contributed by atoms with van der Waals surface area (Å²) in [5.41, 5.74) is 1.79. The fraction of sp³-hybridized carbons (Fsp3) is 0.304. The average molecular weight is 419 g/mol. The molecule has 0 unspecified atom stereocenters. The summed E-state index contributed by atoms with van der Waals surface area (Å²) in [7, 11) is 0. The lowest BCUT2D eigenvalue weighted by Crippen LogP contribution is -2.29. The van der Waals surface area contributed by atoms with Crippen molar-refractivity contribution in [1.82, 2.24) is 9.55 Å². The topological polar surface area (TPSA) is 87.8 Å². The van der Waals surface area contributed by atoms with E-state index in [2.05, 4.69) is 11.4 Å². The van der Waals surface area contributed by atoms with Crippen molar-refractivity contribution in [3.05, 3.63) is 64.4 Å². The summed E-state index contributed by atoms with van der Waals surface area (Å²) in [6.45, 7) is 1.81. The Morgan fingerprint density at radius 1 is 1.20 bits per heavy atom. The molecule has 6 nitrogen and oxygen atoms in total. The molecule has 0 radical (unpaired) electrons. The lowest BCUT2D eigenvalue weighted by molar-refractivity contribution is -0.115. The summed E-state index contributed by atoms with van der Waals surface area (Å²) >= 11 is 1.31. The van der Waals surface area contributed by atoms with E-state index in [4.69, 9.17) is 10.2 Å². The minimum absolute atomic E-state index is 0.0327. The first-order valence-electron chi connectivity index (χ1n) is 10.1. The SMILES string of the molecule is C[C@H](Sc1nc2ccccc2c(=O)n1C1CCCC1)C(=O)Nc1ccc(C#N)cc1. The highest BCUT2D eigenvalue weighted by Gasteiger charge is 2.25. The van der Waals surface area contributed by atoms with Crippen LogP contribution in [-0.4, -0.2) is 20.7 Å². The molecule has 30 heavy (non-hydrogen) atoms. The number of rotatable bonds is 5. The lowest BCUT2D eigenvalue weighted by Gasteiger charge is -2.20. The lowest BCUT2D eigenvalue weighted by atomic mass is 10.2. The van der Waals surface area contributed by atoms with Gasteiger partial charge in [0.25, 0.3) is 5.56 Å². The number of nitrogens with one attached hydrogen (secondary N) is 1. The van der Waals surface area contributed by atoms with Gasteiger partial charge in [-0.05, 0) is 56.2 Å². The van der Waals surface area contributed by atoms with Gasteiger partial charge in [-0.2, -0.15) is 5.26 Å². The van der Waals surface area contributed by atoms with Crippen molar-refractivity contribution in [3.63, 3.8) is 0 Å². The molecule has 0 saturated heterocycles.